The van der Waals surface area contributed by atoms with E-state index in [-0.39, 0.29) is 0 Å². The van der Waals surface area contributed by atoms with E-state index in [1.165, 1.54) is 28.2 Å². The molecule has 1 atom stereocenters. The van der Waals surface area contributed by atoms with E-state index in [2.05, 4.69) is 29.4 Å². The minimum atomic E-state index is 0.428. The van der Waals surface area contributed by atoms with E-state index >= 15 is 0 Å². The summed E-state index contributed by atoms with van der Waals surface area (Å²) in [4.78, 5) is 17.8. The van der Waals surface area contributed by atoms with Gasteiger partial charge in [0, 0.05) is 27.7 Å². The average molecular weight is 422 g/mol. The zero-order valence-corrected chi connectivity index (χ0v) is 18.1. The quantitative estimate of drug-likeness (QED) is 0.386. The number of pyridine rings is 1. The molecule has 1 aliphatic rings. The molecule has 0 aliphatic heterocycles. The summed E-state index contributed by atoms with van der Waals surface area (Å²) in [5.74, 6) is 1.90. The monoisotopic (exact) mass is 421 g/mol. The van der Waals surface area contributed by atoms with Crippen LogP contribution in [0.5, 0.6) is 5.88 Å². The zero-order chi connectivity index (χ0) is 19.6. The van der Waals surface area contributed by atoms with Crippen molar-refractivity contribution in [2.45, 2.75) is 39.0 Å². The first kappa shape index (κ1) is 18.7. The lowest BCUT2D eigenvalue weighted by Crippen LogP contribution is -2.12. The highest BCUT2D eigenvalue weighted by Gasteiger charge is 2.23. The fourth-order valence-electron chi connectivity index (χ4n) is 3.91. The SMILES string of the molecule is CC(COc1nc(-c2ccncc2)nc2sc3c(c12)CCCC3)Cc1cccs1. The molecule has 6 heteroatoms. The largest absolute Gasteiger partial charge is 0.477 e. The van der Waals surface area contributed by atoms with Crippen molar-refractivity contribution in [3.63, 3.8) is 0 Å². The molecule has 1 unspecified atom stereocenters. The summed E-state index contributed by atoms with van der Waals surface area (Å²) in [6.07, 6.45) is 9.35. The molecule has 29 heavy (non-hydrogen) atoms. The number of thiophene rings is 2. The predicted molar refractivity (Wildman–Crippen MR) is 120 cm³/mol. The first-order valence-corrected chi connectivity index (χ1v) is 11.9. The number of hydrogen-bond acceptors (Lipinski definition) is 6. The number of aromatic nitrogens is 3. The molecule has 1 aliphatic carbocycles. The standard InChI is InChI=1S/C23H23N3OS2/c1-15(13-17-5-4-12-28-17)14-27-22-20-18-6-2-3-7-19(18)29-23(20)26-21(25-22)16-8-10-24-11-9-16/h4-5,8-12,15H,2-3,6-7,13-14H2,1H3. The smallest absolute Gasteiger partial charge is 0.226 e. The molecule has 0 spiro atoms. The van der Waals surface area contributed by atoms with E-state index in [4.69, 9.17) is 14.7 Å². The van der Waals surface area contributed by atoms with Gasteiger partial charge in [-0.05, 0) is 67.2 Å². The molecule has 4 heterocycles. The van der Waals surface area contributed by atoms with Gasteiger partial charge in [-0.15, -0.1) is 22.7 Å². The van der Waals surface area contributed by atoms with Crippen LogP contribution >= 0.6 is 22.7 Å². The van der Waals surface area contributed by atoms with Crippen LogP contribution in [0.3, 0.4) is 0 Å². The van der Waals surface area contributed by atoms with Crippen molar-refractivity contribution in [2.24, 2.45) is 5.92 Å². The molecular weight excluding hydrogens is 398 g/mol. The molecule has 4 nitrogen and oxygen atoms in total. The maximum Gasteiger partial charge on any atom is 0.226 e. The van der Waals surface area contributed by atoms with Gasteiger partial charge in [-0.1, -0.05) is 13.0 Å². The van der Waals surface area contributed by atoms with Crippen molar-refractivity contribution in [2.75, 3.05) is 6.61 Å². The minimum absolute atomic E-state index is 0.428. The van der Waals surface area contributed by atoms with Crippen molar-refractivity contribution in [3.8, 4) is 17.3 Å². The molecule has 4 aromatic rings. The Morgan fingerprint density at radius 2 is 1.97 bits per heavy atom. The summed E-state index contributed by atoms with van der Waals surface area (Å²) in [6.45, 7) is 2.90. The summed E-state index contributed by atoms with van der Waals surface area (Å²) < 4.78 is 6.36. The van der Waals surface area contributed by atoms with E-state index in [0.717, 1.165) is 46.7 Å². The predicted octanol–water partition coefficient (Wildman–Crippen LogP) is 5.95. The number of nitrogens with zero attached hydrogens (tertiary/aromatic N) is 3. The van der Waals surface area contributed by atoms with Gasteiger partial charge >= 0.3 is 0 Å². The normalized spacial score (nSPS) is 14.7. The van der Waals surface area contributed by atoms with E-state index in [1.54, 1.807) is 12.4 Å². The molecule has 0 saturated heterocycles. The topological polar surface area (TPSA) is 47.9 Å². The Hall–Kier alpha value is -2.31. The fourth-order valence-corrected chi connectivity index (χ4v) is 6.03. The van der Waals surface area contributed by atoms with Gasteiger partial charge in [-0.3, -0.25) is 4.98 Å². The van der Waals surface area contributed by atoms with Crippen LogP contribution in [-0.4, -0.2) is 21.6 Å². The van der Waals surface area contributed by atoms with Crippen LogP contribution in [0.1, 0.15) is 35.1 Å². The van der Waals surface area contributed by atoms with Gasteiger partial charge in [-0.25, -0.2) is 4.98 Å². The number of hydrogen-bond donors (Lipinski definition) is 0. The Labute approximate surface area is 178 Å². The lowest BCUT2D eigenvalue weighted by Gasteiger charge is -2.15. The van der Waals surface area contributed by atoms with Crippen LogP contribution in [0.2, 0.25) is 0 Å². The van der Waals surface area contributed by atoms with Crippen molar-refractivity contribution >= 4 is 32.9 Å². The summed E-state index contributed by atoms with van der Waals surface area (Å²) in [5.41, 5.74) is 2.39. The Kier molecular flexibility index (Phi) is 5.29. The van der Waals surface area contributed by atoms with Crippen molar-refractivity contribution in [1.82, 2.24) is 15.0 Å². The minimum Gasteiger partial charge on any atom is -0.477 e. The average Bonchev–Trinajstić information content (AvgIpc) is 3.39. The van der Waals surface area contributed by atoms with Gasteiger partial charge in [0.1, 0.15) is 4.83 Å². The van der Waals surface area contributed by atoms with Crippen LogP contribution in [0.25, 0.3) is 21.6 Å². The van der Waals surface area contributed by atoms with E-state index in [9.17, 15) is 0 Å². The second-order valence-corrected chi connectivity index (χ2v) is 9.79. The molecule has 0 aromatic carbocycles. The number of rotatable bonds is 6. The van der Waals surface area contributed by atoms with Crippen LogP contribution in [-0.2, 0) is 19.3 Å². The lowest BCUT2D eigenvalue weighted by molar-refractivity contribution is 0.254. The molecule has 4 aromatic heterocycles. The lowest BCUT2D eigenvalue weighted by atomic mass is 9.97. The van der Waals surface area contributed by atoms with Crippen molar-refractivity contribution in [3.05, 3.63) is 57.4 Å². The molecule has 5 rings (SSSR count). The second kappa shape index (κ2) is 8.20. The maximum absolute atomic E-state index is 6.36. The molecule has 0 amide bonds. The Bertz CT molecular complexity index is 1110. The van der Waals surface area contributed by atoms with Crippen LogP contribution in [0.15, 0.2) is 42.0 Å². The molecule has 0 saturated carbocycles. The third-order valence-corrected chi connectivity index (χ3v) is 7.44. The maximum atomic E-state index is 6.36. The van der Waals surface area contributed by atoms with Crippen LogP contribution < -0.4 is 4.74 Å². The molecule has 148 valence electrons. The first-order chi connectivity index (χ1) is 14.3. The molecular formula is C23H23N3OS2. The summed E-state index contributed by atoms with van der Waals surface area (Å²) >= 11 is 3.63. The Morgan fingerprint density at radius 3 is 2.79 bits per heavy atom. The summed E-state index contributed by atoms with van der Waals surface area (Å²) in [6, 6.07) is 8.22. The molecule has 0 N–H and O–H groups in total. The number of ether oxygens (including phenoxy) is 1. The van der Waals surface area contributed by atoms with Crippen molar-refractivity contribution in [1.29, 1.82) is 0 Å². The van der Waals surface area contributed by atoms with E-state index in [1.807, 2.05) is 34.8 Å². The third-order valence-electron chi connectivity index (χ3n) is 5.35. The second-order valence-electron chi connectivity index (χ2n) is 7.68. The molecule has 0 bridgehead atoms. The van der Waals surface area contributed by atoms with Gasteiger partial charge in [0.15, 0.2) is 5.82 Å². The van der Waals surface area contributed by atoms with E-state index < -0.39 is 0 Å². The third kappa shape index (κ3) is 3.91. The molecule has 0 radical (unpaired) electrons. The highest BCUT2D eigenvalue weighted by Crippen LogP contribution is 2.40. The first-order valence-electron chi connectivity index (χ1n) is 10.2. The van der Waals surface area contributed by atoms with Gasteiger partial charge in [0.05, 0.1) is 12.0 Å². The van der Waals surface area contributed by atoms with Gasteiger partial charge in [0.2, 0.25) is 5.88 Å². The zero-order valence-electron chi connectivity index (χ0n) is 16.4. The summed E-state index contributed by atoms with van der Waals surface area (Å²) in [7, 11) is 0. The Morgan fingerprint density at radius 1 is 1.10 bits per heavy atom. The Balaban J connectivity index is 1.50. The van der Waals surface area contributed by atoms with E-state index in [0.29, 0.717) is 12.5 Å². The van der Waals surface area contributed by atoms with Gasteiger partial charge in [0.25, 0.3) is 0 Å². The van der Waals surface area contributed by atoms with Gasteiger partial charge < -0.3 is 4.74 Å². The number of fused-ring (bicyclic) bond motifs is 3. The van der Waals surface area contributed by atoms with Gasteiger partial charge in [-0.2, -0.15) is 4.98 Å². The molecule has 0 fully saturated rings. The van der Waals surface area contributed by atoms with Crippen LogP contribution in [0.4, 0.5) is 0 Å². The highest BCUT2D eigenvalue weighted by atomic mass is 32.1. The number of aryl methyl sites for hydroxylation is 2. The van der Waals surface area contributed by atoms with Crippen molar-refractivity contribution < 1.29 is 4.74 Å². The fraction of sp³-hybridized carbons (Fsp3) is 0.348. The highest BCUT2D eigenvalue weighted by molar-refractivity contribution is 7.18. The van der Waals surface area contributed by atoms with Crippen LogP contribution in [0, 0.1) is 5.92 Å². The summed E-state index contributed by atoms with van der Waals surface area (Å²) in [5, 5.41) is 3.28.